The highest BCUT2D eigenvalue weighted by atomic mass is 15.3. The summed E-state index contributed by atoms with van der Waals surface area (Å²) < 4.78 is 3.72. The first-order chi connectivity index (χ1) is 9.13. The van der Waals surface area contributed by atoms with Gasteiger partial charge in [-0.2, -0.15) is 5.10 Å². The number of fused-ring (bicyclic) bond motifs is 1. The molecule has 6 nitrogen and oxygen atoms in total. The van der Waals surface area contributed by atoms with Gasteiger partial charge in [0.15, 0.2) is 5.82 Å². The number of nitrogens with zero attached hydrogens (tertiary/aromatic N) is 5. The van der Waals surface area contributed by atoms with Crippen LogP contribution in [-0.4, -0.2) is 24.3 Å². The van der Waals surface area contributed by atoms with Crippen molar-refractivity contribution in [2.24, 2.45) is 7.05 Å². The van der Waals surface area contributed by atoms with Gasteiger partial charge in [0.05, 0.1) is 11.0 Å². The number of nitrogen functional groups attached to an aromatic ring is 1. The van der Waals surface area contributed by atoms with Gasteiger partial charge in [-0.1, -0.05) is 6.07 Å². The van der Waals surface area contributed by atoms with Crippen LogP contribution in [0.2, 0.25) is 0 Å². The van der Waals surface area contributed by atoms with Gasteiger partial charge in [0.1, 0.15) is 6.33 Å². The molecule has 0 atom stereocenters. The lowest BCUT2D eigenvalue weighted by atomic mass is 10.2. The Kier molecular flexibility index (Phi) is 2.70. The van der Waals surface area contributed by atoms with Crippen molar-refractivity contribution in [1.29, 1.82) is 0 Å². The Morgan fingerprint density at radius 3 is 2.89 bits per heavy atom. The van der Waals surface area contributed by atoms with E-state index in [4.69, 9.17) is 5.73 Å². The summed E-state index contributed by atoms with van der Waals surface area (Å²) in [6, 6.07) is 6.14. The van der Waals surface area contributed by atoms with Gasteiger partial charge in [0.25, 0.3) is 0 Å². The molecule has 2 aromatic heterocycles. The maximum Gasteiger partial charge on any atom is 0.201 e. The largest absolute Gasteiger partial charge is 0.369 e. The van der Waals surface area contributed by atoms with Crippen LogP contribution in [0.25, 0.3) is 11.0 Å². The molecule has 2 N–H and O–H groups in total. The second kappa shape index (κ2) is 4.38. The van der Waals surface area contributed by atoms with Gasteiger partial charge in [-0.05, 0) is 24.6 Å². The summed E-state index contributed by atoms with van der Waals surface area (Å²) in [5, 5.41) is 4.27. The first-order valence-corrected chi connectivity index (χ1v) is 6.20. The molecule has 6 heteroatoms. The van der Waals surface area contributed by atoms with E-state index < -0.39 is 0 Å². The number of benzene rings is 1. The van der Waals surface area contributed by atoms with Crippen molar-refractivity contribution in [3.05, 3.63) is 35.9 Å². The maximum atomic E-state index is 5.98. The van der Waals surface area contributed by atoms with Crippen LogP contribution in [0.3, 0.4) is 0 Å². The molecule has 2 heterocycles. The standard InChI is InChI=1S/C13H16N6/c1-9-3-4-10-11(7-9)19(13(14)16-10)6-5-12-15-8-18(2)17-12/h3-4,7-8H,5-6H2,1-2H3,(H2,14,16). The molecule has 0 radical (unpaired) electrons. The van der Waals surface area contributed by atoms with E-state index in [0.29, 0.717) is 5.95 Å². The number of nitrogens with two attached hydrogens (primary N) is 1. The van der Waals surface area contributed by atoms with E-state index >= 15 is 0 Å². The zero-order chi connectivity index (χ0) is 13.4. The molecule has 98 valence electrons. The lowest BCUT2D eigenvalue weighted by molar-refractivity contribution is 0.677. The quantitative estimate of drug-likeness (QED) is 0.766. The second-order valence-corrected chi connectivity index (χ2v) is 4.70. The van der Waals surface area contributed by atoms with Crippen LogP contribution in [0.5, 0.6) is 0 Å². The highest BCUT2D eigenvalue weighted by molar-refractivity contribution is 5.79. The normalized spacial score (nSPS) is 11.3. The number of hydrogen-bond acceptors (Lipinski definition) is 4. The summed E-state index contributed by atoms with van der Waals surface area (Å²) in [6.45, 7) is 2.79. The van der Waals surface area contributed by atoms with Gasteiger partial charge in [0.2, 0.25) is 5.95 Å². The van der Waals surface area contributed by atoms with Crippen molar-refractivity contribution in [2.75, 3.05) is 5.73 Å². The van der Waals surface area contributed by atoms with Crippen molar-refractivity contribution in [2.45, 2.75) is 19.9 Å². The van der Waals surface area contributed by atoms with Crippen LogP contribution in [0.4, 0.5) is 5.95 Å². The minimum absolute atomic E-state index is 0.538. The fraction of sp³-hybridized carbons (Fsp3) is 0.308. The molecular weight excluding hydrogens is 240 g/mol. The van der Waals surface area contributed by atoms with Crippen molar-refractivity contribution in [3.8, 4) is 0 Å². The Morgan fingerprint density at radius 2 is 2.16 bits per heavy atom. The molecule has 0 saturated carbocycles. The first-order valence-electron chi connectivity index (χ1n) is 6.20. The van der Waals surface area contributed by atoms with E-state index in [9.17, 15) is 0 Å². The lowest BCUT2D eigenvalue weighted by Crippen LogP contribution is -2.07. The van der Waals surface area contributed by atoms with E-state index in [2.05, 4.69) is 28.1 Å². The Morgan fingerprint density at radius 1 is 1.32 bits per heavy atom. The zero-order valence-corrected chi connectivity index (χ0v) is 11.0. The number of imidazole rings is 1. The number of anilines is 1. The SMILES string of the molecule is Cc1ccc2nc(N)n(CCc3ncn(C)n3)c2c1. The van der Waals surface area contributed by atoms with Crippen molar-refractivity contribution < 1.29 is 0 Å². The Balaban J connectivity index is 1.91. The summed E-state index contributed by atoms with van der Waals surface area (Å²) in [5.74, 6) is 1.35. The molecular formula is C13H16N6. The van der Waals surface area contributed by atoms with E-state index in [0.717, 1.165) is 29.8 Å². The Hall–Kier alpha value is -2.37. The third-order valence-electron chi connectivity index (χ3n) is 3.14. The van der Waals surface area contributed by atoms with Gasteiger partial charge < -0.3 is 10.3 Å². The minimum Gasteiger partial charge on any atom is -0.369 e. The predicted octanol–water partition coefficient (Wildman–Crippen LogP) is 1.30. The summed E-state index contributed by atoms with van der Waals surface area (Å²) in [4.78, 5) is 8.59. The van der Waals surface area contributed by atoms with Crippen molar-refractivity contribution in [1.82, 2.24) is 24.3 Å². The van der Waals surface area contributed by atoms with Crippen LogP contribution >= 0.6 is 0 Å². The molecule has 3 aromatic rings. The van der Waals surface area contributed by atoms with Gasteiger partial charge in [0, 0.05) is 20.0 Å². The van der Waals surface area contributed by atoms with E-state index in [1.165, 1.54) is 5.56 Å². The summed E-state index contributed by atoms with van der Waals surface area (Å²) in [6.07, 6.45) is 2.44. The fourth-order valence-electron chi connectivity index (χ4n) is 2.20. The van der Waals surface area contributed by atoms with Gasteiger partial charge in [-0.25, -0.2) is 9.97 Å². The minimum atomic E-state index is 0.538. The molecule has 0 aliphatic carbocycles. The first kappa shape index (κ1) is 11.7. The van der Waals surface area contributed by atoms with Crippen LogP contribution in [0.1, 0.15) is 11.4 Å². The molecule has 0 aliphatic heterocycles. The maximum absolute atomic E-state index is 5.98. The topological polar surface area (TPSA) is 74.5 Å². The fourth-order valence-corrected chi connectivity index (χ4v) is 2.20. The van der Waals surface area contributed by atoms with E-state index in [1.807, 2.05) is 23.7 Å². The van der Waals surface area contributed by atoms with E-state index in [-0.39, 0.29) is 0 Å². The van der Waals surface area contributed by atoms with E-state index in [1.54, 1.807) is 11.0 Å². The second-order valence-electron chi connectivity index (χ2n) is 4.70. The van der Waals surface area contributed by atoms with Gasteiger partial charge in [-0.15, -0.1) is 0 Å². The molecule has 1 aromatic carbocycles. The number of rotatable bonds is 3. The predicted molar refractivity (Wildman–Crippen MR) is 73.6 cm³/mol. The van der Waals surface area contributed by atoms with Gasteiger partial charge in [-0.3, -0.25) is 4.68 Å². The summed E-state index contributed by atoms with van der Waals surface area (Å²) in [5.41, 5.74) is 9.17. The monoisotopic (exact) mass is 256 g/mol. The third kappa shape index (κ3) is 2.16. The average Bonchev–Trinajstić information content (AvgIpc) is 2.90. The molecule has 19 heavy (non-hydrogen) atoms. The third-order valence-corrected chi connectivity index (χ3v) is 3.14. The lowest BCUT2D eigenvalue weighted by Gasteiger charge is -2.04. The highest BCUT2D eigenvalue weighted by Crippen LogP contribution is 2.19. The molecule has 0 fully saturated rings. The molecule has 0 saturated heterocycles. The summed E-state index contributed by atoms with van der Waals surface area (Å²) in [7, 11) is 1.86. The van der Waals surface area contributed by atoms with Crippen LogP contribution in [0.15, 0.2) is 24.5 Å². The zero-order valence-electron chi connectivity index (χ0n) is 11.0. The Bertz CT molecular complexity index is 724. The van der Waals surface area contributed by atoms with Gasteiger partial charge >= 0.3 is 0 Å². The molecule has 0 spiro atoms. The smallest absolute Gasteiger partial charge is 0.201 e. The molecule has 0 amide bonds. The van der Waals surface area contributed by atoms with Crippen LogP contribution < -0.4 is 5.73 Å². The number of hydrogen-bond donors (Lipinski definition) is 1. The van der Waals surface area contributed by atoms with Crippen LogP contribution in [0, 0.1) is 6.92 Å². The van der Waals surface area contributed by atoms with Crippen LogP contribution in [-0.2, 0) is 20.0 Å². The highest BCUT2D eigenvalue weighted by Gasteiger charge is 2.09. The molecule has 0 bridgehead atoms. The molecule has 0 aliphatic rings. The average molecular weight is 256 g/mol. The molecule has 3 rings (SSSR count). The number of aromatic nitrogens is 5. The Labute approximate surface area is 110 Å². The molecule has 0 unspecified atom stereocenters. The summed E-state index contributed by atoms with van der Waals surface area (Å²) >= 11 is 0. The van der Waals surface area contributed by atoms with Crippen molar-refractivity contribution in [3.63, 3.8) is 0 Å². The van der Waals surface area contributed by atoms with Crippen molar-refractivity contribution >= 4 is 17.0 Å². The number of aryl methyl sites for hydroxylation is 4.